The highest BCUT2D eigenvalue weighted by molar-refractivity contribution is 9.10. The van der Waals surface area contributed by atoms with E-state index in [-0.39, 0.29) is 27.6 Å². The quantitative estimate of drug-likeness (QED) is 0.505. The molecule has 3 rings (SSSR count). The Labute approximate surface area is 163 Å². The molecule has 0 radical (unpaired) electrons. The number of pyridine rings is 1. The fraction of sp³-hybridized carbons (Fsp3) is 0.118. The molecule has 0 saturated heterocycles. The van der Waals surface area contributed by atoms with Crippen molar-refractivity contribution in [3.63, 3.8) is 0 Å². The lowest BCUT2D eigenvalue weighted by Crippen LogP contribution is -2.30. The number of furan rings is 1. The highest BCUT2D eigenvalue weighted by Crippen LogP contribution is 2.24. The van der Waals surface area contributed by atoms with Crippen LogP contribution in [0.5, 0.6) is 0 Å². The zero-order chi connectivity index (χ0) is 18.7. The largest absolute Gasteiger partial charge is 0.468 e. The number of rotatable bonds is 6. The van der Waals surface area contributed by atoms with Gasteiger partial charge in [0.15, 0.2) is 0 Å². The topological polar surface area (TPSA) is 63.4 Å². The van der Waals surface area contributed by atoms with Crippen LogP contribution in [0.15, 0.2) is 68.7 Å². The van der Waals surface area contributed by atoms with E-state index < -0.39 is 15.8 Å². The van der Waals surface area contributed by atoms with Crippen molar-refractivity contribution in [3.8, 4) is 0 Å². The van der Waals surface area contributed by atoms with Gasteiger partial charge in [-0.1, -0.05) is 17.7 Å². The molecule has 0 fully saturated rings. The summed E-state index contributed by atoms with van der Waals surface area (Å²) in [4.78, 5) is 3.85. The van der Waals surface area contributed by atoms with Gasteiger partial charge >= 0.3 is 0 Å². The average Bonchev–Trinajstić information content (AvgIpc) is 3.11. The van der Waals surface area contributed by atoms with Gasteiger partial charge < -0.3 is 4.42 Å². The third kappa shape index (κ3) is 4.32. The number of sulfonamides is 1. The monoisotopic (exact) mass is 458 g/mol. The molecule has 9 heteroatoms. The molecule has 26 heavy (non-hydrogen) atoms. The Morgan fingerprint density at radius 2 is 2.00 bits per heavy atom. The molecule has 0 aliphatic rings. The van der Waals surface area contributed by atoms with Gasteiger partial charge in [-0.15, -0.1) is 0 Å². The summed E-state index contributed by atoms with van der Waals surface area (Å²) in [6.45, 7) is 0.0531. The maximum absolute atomic E-state index is 13.5. The Morgan fingerprint density at radius 1 is 1.19 bits per heavy atom. The van der Waals surface area contributed by atoms with E-state index in [0.717, 1.165) is 0 Å². The Kier molecular flexibility index (Phi) is 5.76. The summed E-state index contributed by atoms with van der Waals surface area (Å²) in [5, 5.41) is 0.198. The lowest BCUT2D eigenvalue weighted by molar-refractivity contribution is 0.358. The zero-order valence-corrected chi connectivity index (χ0v) is 16.4. The molecule has 136 valence electrons. The van der Waals surface area contributed by atoms with Crippen molar-refractivity contribution in [1.82, 2.24) is 9.29 Å². The van der Waals surface area contributed by atoms with Crippen LogP contribution in [0, 0.1) is 5.82 Å². The summed E-state index contributed by atoms with van der Waals surface area (Å²) in [5.41, 5.74) is 0.621. The fourth-order valence-corrected chi connectivity index (χ4v) is 4.19. The van der Waals surface area contributed by atoms with Crippen LogP contribution in [-0.2, 0) is 23.1 Å². The Hall–Kier alpha value is -1.74. The van der Waals surface area contributed by atoms with Crippen molar-refractivity contribution in [2.45, 2.75) is 18.0 Å². The molecule has 5 nitrogen and oxygen atoms in total. The summed E-state index contributed by atoms with van der Waals surface area (Å²) in [6, 6.07) is 10.5. The number of aromatic nitrogens is 1. The van der Waals surface area contributed by atoms with E-state index >= 15 is 0 Å². The molecule has 0 saturated carbocycles. The number of benzene rings is 1. The molecule has 0 spiro atoms. The van der Waals surface area contributed by atoms with Crippen molar-refractivity contribution in [2.24, 2.45) is 0 Å². The second-order valence-corrected chi connectivity index (χ2v) is 8.60. The van der Waals surface area contributed by atoms with Gasteiger partial charge in [-0.2, -0.15) is 4.31 Å². The predicted molar refractivity (Wildman–Crippen MR) is 98.5 cm³/mol. The average molecular weight is 460 g/mol. The number of hydrogen-bond acceptors (Lipinski definition) is 4. The molecule has 1 aromatic carbocycles. The minimum absolute atomic E-state index is 0.00892. The van der Waals surface area contributed by atoms with Crippen molar-refractivity contribution < 1.29 is 17.2 Å². The molecule has 0 N–H and O–H groups in total. The Balaban J connectivity index is 1.96. The van der Waals surface area contributed by atoms with Crippen molar-refractivity contribution in [3.05, 3.63) is 81.7 Å². The van der Waals surface area contributed by atoms with Crippen LogP contribution in [0.4, 0.5) is 4.39 Å². The minimum Gasteiger partial charge on any atom is -0.468 e. The van der Waals surface area contributed by atoms with E-state index in [4.69, 9.17) is 16.0 Å². The summed E-state index contributed by atoms with van der Waals surface area (Å²) >= 11 is 8.86. The van der Waals surface area contributed by atoms with E-state index in [1.54, 1.807) is 18.2 Å². The van der Waals surface area contributed by atoms with Crippen LogP contribution in [0.1, 0.15) is 11.3 Å². The molecular weight excluding hydrogens is 447 g/mol. The number of halogens is 3. The second kappa shape index (κ2) is 7.87. The van der Waals surface area contributed by atoms with Gasteiger partial charge in [0.05, 0.1) is 17.3 Å². The molecule has 0 atom stereocenters. The minimum atomic E-state index is -3.87. The van der Waals surface area contributed by atoms with Crippen LogP contribution in [0.25, 0.3) is 0 Å². The first-order valence-corrected chi connectivity index (χ1v) is 10.1. The van der Waals surface area contributed by atoms with Gasteiger partial charge in [0.2, 0.25) is 10.0 Å². The lowest BCUT2D eigenvalue weighted by atomic mass is 10.2. The normalized spacial score (nSPS) is 11.8. The van der Waals surface area contributed by atoms with Crippen molar-refractivity contribution in [2.75, 3.05) is 0 Å². The first-order valence-electron chi connectivity index (χ1n) is 7.44. The second-order valence-electron chi connectivity index (χ2n) is 5.42. The highest BCUT2D eigenvalue weighted by atomic mass is 79.9. The SMILES string of the molecule is O=S(=O)(c1ccc(Cl)nc1)N(Cc1ccc(F)c(Br)c1)Cc1ccco1. The number of hydrogen-bond donors (Lipinski definition) is 0. The number of nitrogens with zero attached hydrogens (tertiary/aromatic N) is 2. The molecular formula is C17H13BrClFN2O3S. The maximum atomic E-state index is 13.5. The molecule has 0 aliphatic heterocycles. The zero-order valence-electron chi connectivity index (χ0n) is 13.3. The van der Waals surface area contributed by atoms with Crippen molar-refractivity contribution >= 4 is 37.6 Å². The van der Waals surface area contributed by atoms with Gasteiger partial charge in [-0.25, -0.2) is 17.8 Å². The summed E-state index contributed by atoms with van der Waals surface area (Å²) in [6.07, 6.45) is 2.67. The van der Waals surface area contributed by atoms with Gasteiger partial charge in [0.1, 0.15) is 21.6 Å². The summed E-state index contributed by atoms with van der Waals surface area (Å²) < 4.78 is 46.3. The van der Waals surface area contributed by atoms with Crippen LogP contribution in [0.3, 0.4) is 0 Å². The molecule has 2 aromatic heterocycles. The van der Waals surface area contributed by atoms with E-state index in [1.165, 1.54) is 41.0 Å². The predicted octanol–water partition coefficient (Wildman–Crippen LogP) is 4.62. The van der Waals surface area contributed by atoms with Gasteiger partial charge in [-0.05, 0) is 57.9 Å². The fourth-order valence-electron chi connectivity index (χ4n) is 2.31. The smallest absolute Gasteiger partial charge is 0.245 e. The van der Waals surface area contributed by atoms with E-state index in [9.17, 15) is 12.8 Å². The summed E-state index contributed by atoms with van der Waals surface area (Å²) in [5.74, 6) is 0.0627. The third-order valence-corrected chi connectivity index (χ3v) is 6.20. The van der Waals surface area contributed by atoms with Crippen LogP contribution >= 0.6 is 27.5 Å². The molecule has 3 aromatic rings. The lowest BCUT2D eigenvalue weighted by Gasteiger charge is -2.21. The molecule has 0 amide bonds. The highest BCUT2D eigenvalue weighted by Gasteiger charge is 2.26. The van der Waals surface area contributed by atoms with Gasteiger partial charge in [0.25, 0.3) is 0 Å². The molecule has 0 unspecified atom stereocenters. The molecule has 0 aliphatic carbocycles. The standard InChI is InChI=1S/C17H13BrClFN2O3S/c18-15-8-12(3-5-16(15)20)10-22(11-13-2-1-7-25-13)26(23,24)14-4-6-17(19)21-9-14/h1-9H,10-11H2. The van der Waals surface area contributed by atoms with Gasteiger partial charge in [0, 0.05) is 12.7 Å². The Bertz CT molecular complexity index is 995. The van der Waals surface area contributed by atoms with E-state index in [0.29, 0.717) is 11.3 Å². The van der Waals surface area contributed by atoms with Crippen LogP contribution in [-0.4, -0.2) is 17.7 Å². The maximum Gasteiger partial charge on any atom is 0.245 e. The molecule has 2 heterocycles. The first-order chi connectivity index (χ1) is 12.4. The van der Waals surface area contributed by atoms with Crippen molar-refractivity contribution in [1.29, 1.82) is 0 Å². The summed E-state index contributed by atoms with van der Waals surface area (Å²) in [7, 11) is -3.87. The molecule has 0 bridgehead atoms. The van der Waals surface area contributed by atoms with Crippen LogP contribution in [0.2, 0.25) is 5.15 Å². The van der Waals surface area contributed by atoms with E-state index in [2.05, 4.69) is 20.9 Å². The van der Waals surface area contributed by atoms with E-state index in [1.807, 2.05) is 0 Å². The van der Waals surface area contributed by atoms with Gasteiger partial charge in [-0.3, -0.25) is 0 Å². The van der Waals surface area contributed by atoms with Crippen LogP contribution < -0.4 is 0 Å². The first kappa shape index (κ1) is 19.0. The Morgan fingerprint density at radius 3 is 2.62 bits per heavy atom. The third-order valence-electron chi connectivity index (χ3n) is 3.59.